The van der Waals surface area contributed by atoms with Crippen LogP contribution in [0.4, 0.5) is 0 Å². The fourth-order valence-electron chi connectivity index (χ4n) is 3.25. The van der Waals surface area contributed by atoms with Gasteiger partial charge in [0.25, 0.3) is 5.56 Å². The molecule has 0 unspecified atom stereocenters. The molecule has 4 aromatic rings. The second-order valence-electron chi connectivity index (χ2n) is 6.67. The van der Waals surface area contributed by atoms with E-state index in [0.717, 1.165) is 23.6 Å². The van der Waals surface area contributed by atoms with Crippen LogP contribution in [0.25, 0.3) is 10.9 Å². The number of benzene rings is 2. The topological polar surface area (TPSA) is 51.3 Å². The molecule has 0 bridgehead atoms. The van der Waals surface area contributed by atoms with Crippen molar-refractivity contribution < 1.29 is 4.42 Å². The van der Waals surface area contributed by atoms with Crippen molar-refractivity contribution in [2.45, 2.75) is 19.6 Å². The van der Waals surface area contributed by atoms with Gasteiger partial charge in [0.05, 0.1) is 30.3 Å². The zero-order valence-electron chi connectivity index (χ0n) is 15.2. The summed E-state index contributed by atoms with van der Waals surface area (Å²) in [6.07, 6.45) is 1.62. The van der Waals surface area contributed by atoms with Crippen molar-refractivity contribution in [3.05, 3.63) is 100 Å². The lowest BCUT2D eigenvalue weighted by Crippen LogP contribution is -2.29. The number of hydrogen-bond donors (Lipinski definition) is 0. The molecule has 2 aromatic heterocycles. The highest BCUT2D eigenvalue weighted by atomic mass is 16.3. The summed E-state index contributed by atoms with van der Waals surface area (Å²) in [5.74, 6) is 1.47. The number of fused-ring (bicyclic) bond motifs is 1. The average molecular weight is 359 g/mol. The molecule has 0 amide bonds. The van der Waals surface area contributed by atoms with Gasteiger partial charge in [-0.25, -0.2) is 4.98 Å². The maximum absolute atomic E-state index is 13.1. The molecule has 0 fully saturated rings. The van der Waals surface area contributed by atoms with Gasteiger partial charge >= 0.3 is 0 Å². The standard InChI is InChI=1S/C22H21N3O2/c1-24(14-17-8-3-2-4-9-17)16-21-23-20-12-6-5-11-19(20)22(26)25(21)15-18-10-7-13-27-18/h2-13H,14-16H2,1H3. The fourth-order valence-corrected chi connectivity index (χ4v) is 3.25. The molecule has 0 atom stereocenters. The van der Waals surface area contributed by atoms with E-state index in [9.17, 15) is 4.79 Å². The molecule has 0 aliphatic heterocycles. The fraction of sp³-hybridized carbons (Fsp3) is 0.182. The van der Waals surface area contributed by atoms with Gasteiger partial charge in [-0.3, -0.25) is 14.3 Å². The second-order valence-corrected chi connectivity index (χ2v) is 6.67. The lowest BCUT2D eigenvalue weighted by Gasteiger charge is -2.19. The SMILES string of the molecule is CN(Cc1ccccc1)Cc1nc2ccccc2c(=O)n1Cc1ccco1. The minimum Gasteiger partial charge on any atom is -0.467 e. The van der Waals surface area contributed by atoms with Crippen LogP contribution in [0, 0.1) is 0 Å². The van der Waals surface area contributed by atoms with Crippen molar-refractivity contribution in [2.75, 3.05) is 7.05 Å². The van der Waals surface area contributed by atoms with Crippen molar-refractivity contribution in [3.63, 3.8) is 0 Å². The van der Waals surface area contributed by atoms with E-state index in [0.29, 0.717) is 18.5 Å². The molecule has 0 aliphatic carbocycles. The maximum atomic E-state index is 13.1. The third-order valence-corrected chi connectivity index (χ3v) is 4.54. The Balaban J connectivity index is 1.70. The Morgan fingerprint density at radius 2 is 1.74 bits per heavy atom. The maximum Gasteiger partial charge on any atom is 0.261 e. The highest BCUT2D eigenvalue weighted by Gasteiger charge is 2.14. The molecule has 4 rings (SSSR count). The van der Waals surface area contributed by atoms with Gasteiger partial charge in [0.15, 0.2) is 0 Å². The van der Waals surface area contributed by atoms with Gasteiger partial charge in [-0.15, -0.1) is 0 Å². The summed E-state index contributed by atoms with van der Waals surface area (Å²) in [7, 11) is 2.03. The van der Waals surface area contributed by atoms with Crippen LogP contribution < -0.4 is 5.56 Å². The van der Waals surface area contributed by atoms with Crippen LogP contribution in [0.15, 0.2) is 82.2 Å². The number of furan rings is 1. The third-order valence-electron chi connectivity index (χ3n) is 4.54. The molecule has 0 radical (unpaired) electrons. The Bertz CT molecular complexity index is 1090. The first-order chi connectivity index (χ1) is 13.2. The van der Waals surface area contributed by atoms with E-state index in [1.54, 1.807) is 10.8 Å². The molecular formula is C22H21N3O2. The normalized spacial score (nSPS) is 11.3. The summed E-state index contributed by atoms with van der Waals surface area (Å²) in [5, 5.41) is 0.624. The zero-order valence-corrected chi connectivity index (χ0v) is 15.2. The van der Waals surface area contributed by atoms with Gasteiger partial charge in [0.1, 0.15) is 11.6 Å². The third kappa shape index (κ3) is 3.83. The van der Waals surface area contributed by atoms with E-state index in [1.807, 2.05) is 61.6 Å². The molecule has 0 aliphatic rings. The van der Waals surface area contributed by atoms with Crippen molar-refractivity contribution in [1.29, 1.82) is 0 Å². The monoisotopic (exact) mass is 359 g/mol. The Morgan fingerprint density at radius 3 is 2.52 bits per heavy atom. The molecule has 0 saturated heterocycles. The smallest absolute Gasteiger partial charge is 0.261 e. The van der Waals surface area contributed by atoms with Gasteiger partial charge in [0.2, 0.25) is 0 Å². The van der Waals surface area contributed by atoms with Crippen LogP contribution in [0.2, 0.25) is 0 Å². The van der Waals surface area contributed by atoms with E-state index in [1.165, 1.54) is 5.56 Å². The molecular weight excluding hydrogens is 338 g/mol. The highest BCUT2D eigenvalue weighted by molar-refractivity contribution is 5.77. The summed E-state index contributed by atoms with van der Waals surface area (Å²) in [5.41, 5.74) is 1.90. The van der Waals surface area contributed by atoms with Crippen LogP contribution >= 0.6 is 0 Å². The second kappa shape index (κ2) is 7.60. The minimum absolute atomic E-state index is 0.0416. The summed E-state index contributed by atoms with van der Waals surface area (Å²) in [4.78, 5) is 20.0. The van der Waals surface area contributed by atoms with Gasteiger partial charge in [-0.2, -0.15) is 0 Å². The van der Waals surface area contributed by atoms with Gasteiger partial charge < -0.3 is 4.42 Å². The summed E-state index contributed by atoms with van der Waals surface area (Å²) in [6.45, 7) is 1.72. The van der Waals surface area contributed by atoms with Crippen molar-refractivity contribution in [2.24, 2.45) is 0 Å². The summed E-state index contributed by atoms with van der Waals surface area (Å²) < 4.78 is 7.17. The first-order valence-corrected chi connectivity index (χ1v) is 8.94. The molecule has 2 heterocycles. The van der Waals surface area contributed by atoms with Crippen LogP contribution in [-0.4, -0.2) is 21.5 Å². The average Bonchev–Trinajstić information content (AvgIpc) is 3.19. The van der Waals surface area contributed by atoms with Gasteiger partial charge in [-0.05, 0) is 36.9 Å². The van der Waals surface area contributed by atoms with Crippen LogP contribution in [0.3, 0.4) is 0 Å². The predicted octanol–water partition coefficient (Wildman–Crippen LogP) is 3.67. The number of para-hydroxylation sites is 1. The number of rotatable bonds is 6. The largest absolute Gasteiger partial charge is 0.467 e. The predicted molar refractivity (Wildman–Crippen MR) is 105 cm³/mol. The molecule has 0 N–H and O–H groups in total. The molecule has 5 nitrogen and oxygen atoms in total. The summed E-state index contributed by atoms with van der Waals surface area (Å²) >= 11 is 0. The van der Waals surface area contributed by atoms with Crippen LogP contribution in [0.5, 0.6) is 0 Å². The van der Waals surface area contributed by atoms with E-state index >= 15 is 0 Å². The van der Waals surface area contributed by atoms with Gasteiger partial charge in [0, 0.05) is 6.54 Å². The first kappa shape index (κ1) is 17.2. The van der Waals surface area contributed by atoms with Crippen molar-refractivity contribution in [3.8, 4) is 0 Å². The van der Waals surface area contributed by atoms with Crippen LogP contribution in [0.1, 0.15) is 17.1 Å². The molecule has 5 heteroatoms. The number of hydrogen-bond acceptors (Lipinski definition) is 4. The molecule has 0 spiro atoms. The van der Waals surface area contributed by atoms with E-state index in [2.05, 4.69) is 17.0 Å². The van der Waals surface area contributed by atoms with Crippen molar-refractivity contribution in [1.82, 2.24) is 14.5 Å². The first-order valence-electron chi connectivity index (χ1n) is 8.94. The van der Waals surface area contributed by atoms with Gasteiger partial charge in [-0.1, -0.05) is 42.5 Å². The zero-order chi connectivity index (χ0) is 18.6. The molecule has 27 heavy (non-hydrogen) atoms. The lowest BCUT2D eigenvalue weighted by molar-refractivity contribution is 0.302. The van der Waals surface area contributed by atoms with Crippen LogP contribution in [-0.2, 0) is 19.6 Å². The Labute approximate surface area is 157 Å². The number of nitrogens with zero attached hydrogens (tertiary/aromatic N) is 3. The highest BCUT2D eigenvalue weighted by Crippen LogP contribution is 2.13. The number of aromatic nitrogens is 2. The molecule has 0 saturated carbocycles. The van der Waals surface area contributed by atoms with Crippen molar-refractivity contribution >= 4 is 10.9 Å². The quantitative estimate of drug-likeness (QED) is 0.527. The Hall–Kier alpha value is -3.18. The summed E-state index contributed by atoms with van der Waals surface area (Å²) in [6, 6.07) is 21.4. The lowest BCUT2D eigenvalue weighted by atomic mass is 10.2. The van der Waals surface area contributed by atoms with E-state index in [4.69, 9.17) is 9.40 Å². The molecule has 2 aromatic carbocycles. The molecule has 136 valence electrons. The van der Waals surface area contributed by atoms with E-state index < -0.39 is 0 Å². The Kier molecular flexibility index (Phi) is 4.85. The minimum atomic E-state index is -0.0416. The van der Waals surface area contributed by atoms with E-state index in [-0.39, 0.29) is 5.56 Å². The Morgan fingerprint density at radius 1 is 0.963 bits per heavy atom.